The molecule has 0 spiro atoms. The SMILES string of the molecule is CCCc1cc(C(=O)N2CCNC(=O)CC2)sc1C. The summed E-state index contributed by atoms with van der Waals surface area (Å²) in [6.07, 6.45) is 2.51. The van der Waals surface area contributed by atoms with Gasteiger partial charge in [0, 0.05) is 30.9 Å². The number of carbonyl (C=O) groups excluding carboxylic acids is 2. The number of carbonyl (C=O) groups is 2. The lowest BCUT2D eigenvalue weighted by Crippen LogP contribution is -2.33. The van der Waals surface area contributed by atoms with Gasteiger partial charge < -0.3 is 10.2 Å². The van der Waals surface area contributed by atoms with E-state index in [1.807, 2.05) is 6.07 Å². The third-order valence-corrected chi connectivity index (χ3v) is 4.43. The van der Waals surface area contributed by atoms with Gasteiger partial charge in [-0.3, -0.25) is 9.59 Å². The van der Waals surface area contributed by atoms with Crippen molar-refractivity contribution in [2.75, 3.05) is 19.6 Å². The van der Waals surface area contributed by atoms with Crippen molar-refractivity contribution in [1.29, 1.82) is 0 Å². The molecule has 4 nitrogen and oxygen atoms in total. The highest BCUT2D eigenvalue weighted by molar-refractivity contribution is 7.14. The Labute approximate surface area is 117 Å². The second-order valence-corrected chi connectivity index (χ2v) is 6.09. The summed E-state index contributed by atoms with van der Waals surface area (Å²) in [5, 5.41) is 2.79. The smallest absolute Gasteiger partial charge is 0.264 e. The molecule has 5 heteroatoms. The fourth-order valence-corrected chi connectivity index (χ4v) is 3.31. The van der Waals surface area contributed by atoms with Crippen LogP contribution in [0.15, 0.2) is 6.07 Å². The van der Waals surface area contributed by atoms with E-state index in [0.29, 0.717) is 26.1 Å². The van der Waals surface area contributed by atoms with Crippen molar-refractivity contribution in [3.05, 3.63) is 21.4 Å². The van der Waals surface area contributed by atoms with Crippen LogP contribution in [0.3, 0.4) is 0 Å². The molecule has 0 aliphatic carbocycles. The Morgan fingerprint density at radius 2 is 2.26 bits per heavy atom. The summed E-state index contributed by atoms with van der Waals surface area (Å²) in [4.78, 5) is 27.5. The summed E-state index contributed by atoms with van der Waals surface area (Å²) in [6.45, 7) is 5.89. The molecule has 0 saturated carbocycles. The highest BCUT2D eigenvalue weighted by Gasteiger charge is 2.21. The number of thiophene rings is 1. The Balaban J connectivity index is 2.10. The first-order valence-corrected chi connectivity index (χ1v) is 7.58. The largest absolute Gasteiger partial charge is 0.354 e. The molecule has 1 aliphatic heterocycles. The number of hydrogen-bond donors (Lipinski definition) is 1. The topological polar surface area (TPSA) is 49.4 Å². The summed E-state index contributed by atoms with van der Waals surface area (Å²) in [7, 11) is 0. The van der Waals surface area contributed by atoms with Gasteiger partial charge in [0.2, 0.25) is 5.91 Å². The van der Waals surface area contributed by atoms with Gasteiger partial charge in [-0.05, 0) is 25.0 Å². The van der Waals surface area contributed by atoms with E-state index in [1.165, 1.54) is 10.4 Å². The minimum Gasteiger partial charge on any atom is -0.354 e. The Hall–Kier alpha value is -1.36. The maximum Gasteiger partial charge on any atom is 0.264 e. The molecule has 0 aromatic carbocycles. The van der Waals surface area contributed by atoms with Crippen molar-refractivity contribution in [2.24, 2.45) is 0 Å². The zero-order chi connectivity index (χ0) is 13.8. The Morgan fingerprint density at radius 3 is 3.00 bits per heavy atom. The van der Waals surface area contributed by atoms with Crippen LogP contribution in [0.25, 0.3) is 0 Å². The Bertz CT molecular complexity index is 482. The number of amides is 2. The van der Waals surface area contributed by atoms with Crippen molar-refractivity contribution in [1.82, 2.24) is 10.2 Å². The molecule has 1 aromatic heterocycles. The van der Waals surface area contributed by atoms with Gasteiger partial charge in [-0.15, -0.1) is 11.3 Å². The highest BCUT2D eigenvalue weighted by Crippen LogP contribution is 2.24. The second-order valence-electron chi connectivity index (χ2n) is 4.83. The summed E-state index contributed by atoms with van der Waals surface area (Å²) in [5.74, 6) is 0.0938. The fraction of sp³-hybridized carbons (Fsp3) is 0.571. The second kappa shape index (κ2) is 6.19. The lowest BCUT2D eigenvalue weighted by molar-refractivity contribution is -0.120. The zero-order valence-corrected chi connectivity index (χ0v) is 12.3. The molecule has 104 valence electrons. The molecule has 1 aliphatic rings. The molecule has 1 fully saturated rings. The van der Waals surface area contributed by atoms with Crippen molar-refractivity contribution < 1.29 is 9.59 Å². The van der Waals surface area contributed by atoms with Crippen LogP contribution in [0.1, 0.15) is 39.9 Å². The van der Waals surface area contributed by atoms with Crippen LogP contribution < -0.4 is 5.32 Å². The molecule has 1 N–H and O–H groups in total. The first-order valence-electron chi connectivity index (χ1n) is 6.77. The number of aryl methyl sites for hydroxylation is 2. The third kappa shape index (κ3) is 3.35. The van der Waals surface area contributed by atoms with Crippen molar-refractivity contribution >= 4 is 23.2 Å². The molecule has 1 saturated heterocycles. The van der Waals surface area contributed by atoms with Gasteiger partial charge >= 0.3 is 0 Å². The van der Waals surface area contributed by atoms with Crippen LogP contribution in [0.2, 0.25) is 0 Å². The summed E-state index contributed by atoms with van der Waals surface area (Å²) in [5.41, 5.74) is 1.28. The summed E-state index contributed by atoms with van der Waals surface area (Å²) >= 11 is 1.57. The number of hydrogen-bond acceptors (Lipinski definition) is 3. The molecule has 1 aromatic rings. The highest BCUT2D eigenvalue weighted by atomic mass is 32.1. The normalized spacial score (nSPS) is 16.1. The molecular formula is C14H20N2O2S. The van der Waals surface area contributed by atoms with E-state index in [9.17, 15) is 9.59 Å². The Kier molecular flexibility index (Phi) is 4.58. The monoisotopic (exact) mass is 280 g/mol. The van der Waals surface area contributed by atoms with Crippen molar-refractivity contribution in [3.63, 3.8) is 0 Å². The van der Waals surface area contributed by atoms with E-state index >= 15 is 0 Å². The average Bonchev–Trinajstić information content (AvgIpc) is 2.60. The van der Waals surface area contributed by atoms with Crippen LogP contribution in [-0.4, -0.2) is 36.3 Å². The molecule has 0 bridgehead atoms. The third-order valence-electron chi connectivity index (χ3n) is 3.35. The quantitative estimate of drug-likeness (QED) is 0.920. The standard InChI is InChI=1S/C14H20N2O2S/c1-3-4-11-9-12(19-10(11)2)14(18)16-7-5-13(17)15-6-8-16/h9H,3-8H2,1-2H3,(H,15,17). The van der Waals surface area contributed by atoms with Gasteiger partial charge in [0.25, 0.3) is 5.91 Å². The predicted octanol–water partition coefficient (Wildman–Crippen LogP) is 1.97. The van der Waals surface area contributed by atoms with Crippen LogP contribution >= 0.6 is 11.3 Å². The fourth-order valence-electron chi connectivity index (χ4n) is 2.27. The van der Waals surface area contributed by atoms with E-state index in [-0.39, 0.29) is 11.8 Å². The molecule has 0 unspecified atom stereocenters. The van der Waals surface area contributed by atoms with Crippen molar-refractivity contribution in [3.8, 4) is 0 Å². The number of nitrogens with one attached hydrogen (secondary N) is 1. The van der Waals surface area contributed by atoms with E-state index in [0.717, 1.165) is 17.7 Å². The van der Waals surface area contributed by atoms with Gasteiger partial charge in [-0.1, -0.05) is 13.3 Å². The van der Waals surface area contributed by atoms with Gasteiger partial charge in [-0.25, -0.2) is 0 Å². The van der Waals surface area contributed by atoms with Gasteiger partial charge in [0.1, 0.15) is 0 Å². The molecule has 2 amide bonds. The minimum atomic E-state index is 0.0318. The van der Waals surface area contributed by atoms with Crippen LogP contribution in [-0.2, 0) is 11.2 Å². The summed E-state index contributed by atoms with van der Waals surface area (Å²) in [6, 6.07) is 2.02. The first-order chi connectivity index (χ1) is 9.11. The number of rotatable bonds is 3. The molecule has 0 atom stereocenters. The first kappa shape index (κ1) is 14.1. The van der Waals surface area contributed by atoms with E-state index in [2.05, 4.69) is 19.2 Å². The zero-order valence-electron chi connectivity index (χ0n) is 11.5. The van der Waals surface area contributed by atoms with Gasteiger partial charge in [0.05, 0.1) is 4.88 Å². The maximum absolute atomic E-state index is 12.4. The molecule has 19 heavy (non-hydrogen) atoms. The maximum atomic E-state index is 12.4. The van der Waals surface area contributed by atoms with Gasteiger partial charge in [0.15, 0.2) is 0 Å². The van der Waals surface area contributed by atoms with Crippen LogP contribution in [0.5, 0.6) is 0 Å². The number of nitrogens with zero attached hydrogens (tertiary/aromatic N) is 1. The predicted molar refractivity (Wildman–Crippen MR) is 76.6 cm³/mol. The molecule has 2 heterocycles. The van der Waals surface area contributed by atoms with E-state index < -0.39 is 0 Å². The molecule has 2 rings (SSSR count). The van der Waals surface area contributed by atoms with Crippen molar-refractivity contribution in [2.45, 2.75) is 33.1 Å². The van der Waals surface area contributed by atoms with E-state index in [1.54, 1.807) is 16.2 Å². The lowest BCUT2D eigenvalue weighted by Gasteiger charge is -2.18. The molecule has 0 radical (unpaired) electrons. The summed E-state index contributed by atoms with van der Waals surface area (Å²) < 4.78 is 0. The van der Waals surface area contributed by atoms with Crippen LogP contribution in [0.4, 0.5) is 0 Å². The Morgan fingerprint density at radius 1 is 1.47 bits per heavy atom. The molecular weight excluding hydrogens is 260 g/mol. The minimum absolute atomic E-state index is 0.0318. The van der Waals surface area contributed by atoms with Gasteiger partial charge in [-0.2, -0.15) is 0 Å². The average molecular weight is 280 g/mol. The van der Waals surface area contributed by atoms with Crippen LogP contribution in [0, 0.1) is 6.92 Å². The lowest BCUT2D eigenvalue weighted by atomic mass is 10.1. The van der Waals surface area contributed by atoms with E-state index in [4.69, 9.17) is 0 Å².